The summed E-state index contributed by atoms with van der Waals surface area (Å²) in [7, 11) is 0. The highest BCUT2D eigenvalue weighted by Crippen LogP contribution is 2.29. The zero-order valence-corrected chi connectivity index (χ0v) is 14.9. The van der Waals surface area contributed by atoms with Crippen molar-refractivity contribution in [2.45, 2.75) is 0 Å². The van der Waals surface area contributed by atoms with E-state index < -0.39 is 0 Å². The minimum absolute atomic E-state index is 0.0738. The van der Waals surface area contributed by atoms with E-state index in [9.17, 15) is 4.79 Å². The Morgan fingerprint density at radius 1 is 0.920 bits per heavy atom. The number of carbonyl (C=O) groups is 1. The molecule has 1 N–H and O–H groups in total. The van der Waals surface area contributed by atoms with Gasteiger partial charge in [0.2, 0.25) is 0 Å². The summed E-state index contributed by atoms with van der Waals surface area (Å²) in [5.74, 6) is 1.37. The molecule has 0 unspecified atom stereocenters. The summed E-state index contributed by atoms with van der Waals surface area (Å²) in [5.41, 5.74) is 1.41. The van der Waals surface area contributed by atoms with Crippen molar-refractivity contribution in [2.24, 2.45) is 0 Å². The number of allylic oxidation sites excluding steroid dienone is 1. The van der Waals surface area contributed by atoms with Gasteiger partial charge in [0.1, 0.15) is 5.75 Å². The van der Waals surface area contributed by atoms with Crippen LogP contribution in [0.3, 0.4) is 0 Å². The third-order valence-electron chi connectivity index (χ3n) is 3.44. The SMILES string of the molecule is O=C(/C=C/Nc1ccccc1Oc1ccccc1)c1cccc(Br)c1. The Morgan fingerprint density at radius 3 is 2.48 bits per heavy atom. The summed E-state index contributed by atoms with van der Waals surface area (Å²) in [6.45, 7) is 0. The summed E-state index contributed by atoms with van der Waals surface area (Å²) < 4.78 is 6.76. The van der Waals surface area contributed by atoms with E-state index in [1.165, 1.54) is 6.08 Å². The average Bonchev–Trinajstić information content (AvgIpc) is 2.64. The lowest BCUT2D eigenvalue weighted by Gasteiger charge is -2.10. The molecule has 0 aliphatic carbocycles. The maximum Gasteiger partial charge on any atom is 0.187 e. The molecule has 0 saturated heterocycles. The van der Waals surface area contributed by atoms with E-state index in [4.69, 9.17) is 4.74 Å². The molecule has 0 aromatic heterocycles. The van der Waals surface area contributed by atoms with Crippen molar-refractivity contribution in [1.82, 2.24) is 0 Å². The molecule has 0 amide bonds. The van der Waals surface area contributed by atoms with Crippen LogP contribution >= 0.6 is 15.9 Å². The number of benzene rings is 3. The Balaban J connectivity index is 1.70. The second-order valence-electron chi connectivity index (χ2n) is 5.26. The van der Waals surface area contributed by atoms with Gasteiger partial charge in [0.15, 0.2) is 11.5 Å². The number of ether oxygens (including phenoxy) is 1. The highest BCUT2D eigenvalue weighted by atomic mass is 79.9. The minimum Gasteiger partial charge on any atom is -0.455 e. The Morgan fingerprint density at radius 2 is 1.68 bits per heavy atom. The molecule has 25 heavy (non-hydrogen) atoms. The molecule has 0 fully saturated rings. The Bertz CT molecular complexity index is 891. The lowest BCUT2D eigenvalue weighted by molar-refractivity contribution is 0.104. The number of ketones is 1. The van der Waals surface area contributed by atoms with Crippen molar-refractivity contribution in [1.29, 1.82) is 0 Å². The maximum absolute atomic E-state index is 12.2. The van der Waals surface area contributed by atoms with Gasteiger partial charge in [-0.05, 0) is 36.4 Å². The van der Waals surface area contributed by atoms with Crippen molar-refractivity contribution in [3.8, 4) is 11.5 Å². The van der Waals surface area contributed by atoms with Gasteiger partial charge in [0.05, 0.1) is 5.69 Å². The lowest BCUT2D eigenvalue weighted by Crippen LogP contribution is -1.97. The van der Waals surface area contributed by atoms with Crippen molar-refractivity contribution >= 4 is 27.4 Å². The van der Waals surface area contributed by atoms with E-state index in [-0.39, 0.29) is 5.78 Å². The van der Waals surface area contributed by atoms with Crippen molar-refractivity contribution in [3.05, 3.63) is 101 Å². The molecule has 0 saturated carbocycles. The Hall–Kier alpha value is -2.85. The van der Waals surface area contributed by atoms with Gasteiger partial charge in [-0.1, -0.05) is 58.4 Å². The summed E-state index contributed by atoms with van der Waals surface area (Å²) in [6.07, 6.45) is 3.12. The molecule has 3 nitrogen and oxygen atoms in total. The van der Waals surface area contributed by atoms with Crippen LogP contribution in [-0.2, 0) is 0 Å². The number of anilines is 1. The van der Waals surface area contributed by atoms with Crippen LogP contribution in [0.5, 0.6) is 11.5 Å². The zero-order chi connectivity index (χ0) is 17.5. The van der Waals surface area contributed by atoms with Crippen LogP contribution < -0.4 is 10.1 Å². The molecular formula is C21H16BrNO2. The van der Waals surface area contributed by atoms with Gasteiger partial charge in [-0.25, -0.2) is 0 Å². The van der Waals surface area contributed by atoms with Crippen LogP contribution in [-0.4, -0.2) is 5.78 Å². The smallest absolute Gasteiger partial charge is 0.187 e. The summed E-state index contributed by atoms with van der Waals surface area (Å²) in [6, 6.07) is 24.4. The highest BCUT2D eigenvalue weighted by Gasteiger charge is 2.04. The van der Waals surface area contributed by atoms with Gasteiger partial charge in [0, 0.05) is 22.3 Å². The first kappa shape index (κ1) is 17.0. The van der Waals surface area contributed by atoms with Crippen molar-refractivity contribution in [3.63, 3.8) is 0 Å². The largest absolute Gasteiger partial charge is 0.455 e. The topological polar surface area (TPSA) is 38.3 Å². The molecule has 0 aliphatic heterocycles. The second-order valence-corrected chi connectivity index (χ2v) is 6.18. The minimum atomic E-state index is -0.0738. The van der Waals surface area contributed by atoms with Crippen molar-refractivity contribution < 1.29 is 9.53 Å². The highest BCUT2D eigenvalue weighted by molar-refractivity contribution is 9.10. The van der Waals surface area contributed by atoms with Crippen LogP contribution in [0.25, 0.3) is 0 Å². The number of para-hydroxylation sites is 3. The number of hydrogen-bond donors (Lipinski definition) is 1. The first-order valence-corrected chi connectivity index (χ1v) is 8.56. The van der Waals surface area contributed by atoms with Gasteiger partial charge in [-0.3, -0.25) is 4.79 Å². The molecule has 3 aromatic carbocycles. The normalized spacial score (nSPS) is 10.6. The number of halogens is 1. The van der Waals surface area contributed by atoms with Gasteiger partial charge < -0.3 is 10.1 Å². The molecule has 0 aliphatic rings. The van der Waals surface area contributed by atoms with Crippen LogP contribution in [0, 0.1) is 0 Å². The monoisotopic (exact) mass is 393 g/mol. The average molecular weight is 394 g/mol. The first-order valence-electron chi connectivity index (χ1n) is 7.77. The number of nitrogens with one attached hydrogen (secondary N) is 1. The second kappa shape index (κ2) is 8.31. The van der Waals surface area contributed by atoms with Gasteiger partial charge in [-0.2, -0.15) is 0 Å². The number of hydrogen-bond acceptors (Lipinski definition) is 3. The maximum atomic E-state index is 12.2. The molecule has 0 spiro atoms. The van der Waals surface area contributed by atoms with E-state index in [0.29, 0.717) is 11.3 Å². The fraction of sp³-hybridized carbons (Fsp3) is 0. The van der Waals surface area contributed by atoms with E-state index in [1.54, 1.807) is 18.3 Å². The first-order chi connectivity index (χ1) is 12.2. The molecule has 4 heteroatoms. The zero-order valence-electron chi connectivity index (χ0n) is 13.4. The van der Waals surface area contributed by atoms with E-state index in [2.05, 4.69) is 21.2 Å². The molecule has 3 aromatic rings. The number of carbonyl (C=O) groups excluding carboxylic acids is 1. The fourth-order valence-corrected chi connectivity index (χ4v) is 2.63. The van der Waals surface area contributed by atoms with Crippen LogP contribution in [0.1, 0.15) is 10.4 Å². The van der Waals surface area contributed by atoms with Gasteiger partial charge in [0.25, 0.3) is 0 Å². The van der Waals surface area contributed by atoms with Crippen molar-refractivity contribution in [2.75, 3.05) is 5.32 Å². The summed E-state index contributed by atoms with van der Waals surface area (Å²) >= 11 is 3.37. The molecule has 0 bridgehead atoms. The Labute approximate surface area is 155 Å². The fourth-order valence-electron chi connectivity index (χ4n) is 2.24. The van der Waals surface area contributed by atoms with Gasteiger partial charge >= 0.3 is 0 Å². The summed E-state index contributed by atoms with van der Waals surface area (Å²) in [5, 5.41) is 3.11. The third-order valence-corrected chi connectivity index (χ3v) is 3.93. The molecule has 0 atom stereocenters. The van der Waals surface area contributed by atoms with Crippen LogP contribution in [0.2, 0.25) is 0 Å². The molecule has 3 rings (SSSR count). The van der Waals surface area contributed by atoms with E-state index >= 15 is 0 Å². The van der Waals surface area contributed by atoms with Crippen LogP contribution in [0.15, 0.2) is 95.6 Å². The summed E-state index contributed by atoms with van der Waals surface area (Å²) in [4.78, 5) is 12.2. The standard InChI is InChI=1S/C21H16BrNO2/c22-17-8-6-7-16(15-17)20(24)13-14-23-19-11-4-5-12-21(19)25-18-9-2-1-3-10-18/h1-15,23H/b14-13+. The Kier molecular flexibility index (Phi) is 5.65. The predicted molar refractivity (Wildman–Crippen MR) is 104 cm³/mol. The predicted octanol–water partition coefficient (Wildman–Crippen LogP) is 6.05. The quantitative estimate of drug-likeness (QED) is 0.409. The van der Waals surface area contributed by atoms with Crippen LogP contribution in [0.4, 0.5) is 5.69 Å². The molecular weight excluding hydrogens is 378 g/mol. The molecule has 0 heterocycles. The van der Waals surface area contributed by atoms with Gasteiger partial charge in [-0.15, -0.1) is 0 Å². The lowest BCUT2D eigenvalue weighted by atomic mass is 10.1. The molecule has 124 valence electrons. The molecule has 0 radical (unpaired) electrons. The third kappa shape index (κ3) is 4.81. The van der Waals surface area contributed by atoms with E-state index in [0.717, 1.165) is 15.9 Å². The van der Waals surface area contributed by atoms with E-state index in [1.807, 2.05) is 66.7 Å². The number of rotatable bonds is 6.